The van der Waals surface area contributed by atoms with Crippen molar-refractivity contribution < 1.29 is 13.2 Å². The summed E-state index contributed by atoms with van der Waals surface area (Å²) in [5.74, 6) is -0.361. The lowest BCUT2D eigenvalue weighted by Gasteiger charge is -2.25. The van der Waals surface area contributed by atoms with Crippen molar-refractivity contribution in [2.24, 2.45) is 10.7 Å². The van der Waals surface area contributed by atoms with Crippen molar-refractivity contribution in [3.63, 3.8) is 0 Å². The number of aliphatic imine (C=N–C) groups is 1. The number of alkyl halides is 3. The minimum absolute atomic E-state index is 0.341. The van der Waals surface area contributed by atoms with Crippen LogP contribution in [0.15, 0.2) is 96.0 Å². The number of nitriles is 1. The molecule has 1 atom stereocenters. The molecule has 0 spiro atoms. The summed E-state index contributed by atoms with van der Waals surface area (Å²) < 4.78 is 39.7. The highest BCUT2D eigenvalue weighted by Crippen LogP contribution is 2.38. The third-order valence-electron chi connectivity index (χ3n) is 7.04. The van der Waals surface area contributed by atoms with Gasteiger partial charge in [-0.3, -0.25) is 9.98 Å². The predicted molar refractivity (Wildman–Crippen MR) is 157 cm³/mol. The Morgan fingerprint density at radius 2 is 1.83 bits per heavy atom. The second-order valence-electron chi connectivity index (χ2n) is 10.1. The molecule has 0 radical (unpaired) electrons. The molecule has 4 aromatic rings. The third kappa shape index (κ3) is 6.10. The van der Waals surface area contributed by atoms with E-state index >= 15 is 0 Å². The molecule has 1 aliphatic heterocycles. The molecule has 2 N–H and O–H groups in total. The van der Waals surface area contributed by atoms with E-state index in [0.717, 1.165) is 39.5 Å². The van der Waals surface area contributed by atoms with Crippen molar-refractivity contribution in [3.8, 4) is 6.07 Å². The van der Waals surface area contributed by atoms with E-state index in [9.17, 15) is 18.4 Å². The zero-order valence-electron chi connectivity index (χ0n) is 23.0. The van der Waals surface area contributed by atoms with Gasteiger partial charge in [0, 0.05) is 50.2 Å². The number of likely N-dealkylation sites (N-methyl/N-ethyl adjacent to an activating group) is 1. The van der Waals surface area contributed by atoms with Crippen molar-refractivity contribution in [3.05, 3.63) is 125 Å². The highest BCUT2D eigenvalue weighted by molar-refractivity contribution is 5.81. The normalized spacial score (nSPS) is 14.6. The van der Waals surface area contributed by atoms with Crippen LogP contribution in [-0.2, 0) is 12.6 Å². The van der Waals surface area contributed by atoms with Gasteiger partial charge in [-0.15, -0.1) is 0 Å². The van der Waals surface area contributed by atoms with Gasteiger partial charge in [-0.25, -0.2) is 4.98 Å². The van der Waals surface area contributed by atoms with Crippen molar-refractivity contribution in [1.82, 2.24) is 19.8 Å². The number of nitrogens with zero attached hydrogens (tertiary/aromatic N) is 6. The lowest BCUT2D eigenvalue weighted by Crippen LogP contribution is -2.23. The van der Waals surface area contributed by atoms with E-state index in [1.54, 1.807) is 12.3 Å². The van der Waals surface area contributed by atoms with E-state index in [0.29, 0.717) is 29.9 Å². The molecule has 3 heterocycles. The van der Waals surface area contributed by atoms with Crippen LogP contribution in [0.3, 0.4) is 0 Å². The number of halogens is 3. The highest BCUT2D eigenvalue weighted by Gasteiger charge is 2.33. The van der Waals surface area contributed by atoms with Crippen LogP contribution in [0.25, 0.3) is 10.9 Å². The number of hydrogen-bond acceptors (Lipinski definition) is 7. The Bertz CT molecular complexity index is 1720. The quantitative estimate of drug-likeness (QED) is 0.272. The smallest absolute Gasteiger partial charge is 0.405 e. The van der Waals surface area contributed by atoms with Gasteiger partial charge in [0.2, 0.25) is 0 Å². The SMILES string of the molecule is CN1C=C(C(c2ccc(C(F)(F)F)nc2)c2ccc3nc(C#N)c(Cc4ccc(N=CC=CN)cc4)cc3c2)N(C)C1. The van der Waals surface area contributed by atoms with Crippen LogP contribution in [0.5, 0.6) is 0 Å². The van der Waals surface area contributed by atoms with Crippen LogP contribution in [0.2, 0.25) is 0 Å². The first-order valence-electron chi connectivity index (χ1n) is 13.2. The number of aromatic nitrogens is 2. The Labute approximate surface area is 241 Å². The zero-order valence-corrected chi connectivity index (χ0v) is 23.0. The molecule has 1 unspecified atom stereocenters. The first-order valence-corrected chi connectivity index (χ1v) is 13.2. The van der Waals surface area contributed by atoms with Gasteiger partial charge in [0.25, 0.3) is 0 Å². The van der Waals surface area contributed by atoms with E-state index in [1.165, 1.54) is 18.5 Å². The first kappa shape index (κ1) is 28.4. The van der Waals surface area contributed by atoms with Crippen molar-refractivity contribution in [1.29, 1.82) is 5.26 Å². The molecule has 0 bridgehead atoms. The summed E-state index contributed by atoms with van der Waals surface area (Å²) in [7, 11) is 3.90. The largest absolute Gasteiger partial charge is 0.433 e. The fourth-order valence-corrected chi connectivity index (χ4v) is 5.10. The average molecular weight is 568 g/mol. The Balaban J connectivity index is 1.53. The summed E-state index contributed by atoms with van der Waals surface area (Å²) in [6.07, 6.45) is 3.93. The number of fused-ring (bicyclic) bond motifs is 1. The third-order valence-corrected chi connectivity index (χ3v) is 7.04. The monoisotopic (exact) mass is 567 g/mol. The highest BCUT2D eigenvalue weighted by atomic mass is 19.4. The molecule has 42 heavy (non-hydrogen) atoms. The van der Waals surface area contributed by atoms with Crippen LogP contribution in [0.4, 0.5) is 18.9 Å². The van der Waals surface area contributed by atoms with Crippen LogP contribution in [0, 0.1) is 11.3 Å². The Morgan fingerprint density at radius 1 is 1.07 bits per heavy atom. The van der Waals surface area contributed by atoms with Crippen LogP contribution in [0.1, 0.15) is 39.6 Å². The molecule has 2 aromatic carbocycles. The van der Waals surface area contributed by atoms with E-state index in [2.05, 4.69) is 25.9 Å². The maximum atomic E-state index is 13.2. The summed E-state index contributed by atoms with van der Waals surface area (Å²) in [5.41, 5.74) is 10.4. The topological polar surface area (TPSA) is 94.4 Å². The first-order chi connectivity index (χ1) is 20.2. The van der Waals surface area contributed by atoms with Gasteiger partial charge in [-0.05, 0) is 70.9 Å². The number of hydrogen-bond donors (Lipinski definition) is 1. The molecule has 0 saturated heterocycles. The second-order valence-corrected chi connectivity index (χ2v) is 10.1. The molecule has 10 heteroatoms. The van der Waals surface area contributed by atoms with Gasteiger partial charge < -0.3 is 15.5 Å². The molecule has 0 aliphatic carbocycles. The van der Waals surface area contributed by atoms with E-state index in [1.807, 2.05) is 73.7 Å². The lowest BCUT2D eigenvalue weighted by atomic mass is 9.88. The van der Waals surface area contributed by atoms with Gasteiger partial charge in [0.1, 0.15) is 17.5 Å². The molecule has 212 valence electrons. The summed E-state index contributed by atoms with van der Waals surface area (Å²) in [6, 6.07) is 20.1. The maximum absolute atomic E-state index is 13.2. The number of allylic oxidation sites excluding steroid dienone is 2. The van der Waals surface area contributed by atoms with Gasteiger partial charge >= 0.3 is 6.18 Å². The zero-order chi connectivity index (χ0) is 29.9. The summed E-state index contributed by atoms with van der Waals surface area (Å²) in [6.45, 7) is 0.651. The average Bonchev–Trinajstić information content (AvgIpc) is 3.30. The Kier molecular flexibility index (Phi) is 7.93. The van der Waals surface area contributed by atoms with Gasteiger partial charge in [-0.1, -0.05) is 24.3 Å². The van der Waals surface area contributed by atoms with E-state index < -0.39 is 11.9 Å². The Hall–Kier alpha value is -5.17. The summed E-state index contributed by atoms with van der Waals surface area (Å²) >= 11 is 0. The maximum Gasteiger partial charge on any atom is 0.433 e. The lowest BCUT2D eigenvalue weighted by molar-refractivity contribution is -0.141. The van der Waals surface area contributed by atoms with Crippen molar-refractivity contribution in [2.75, 3.05) is 20.8 Å². The summed E-state index contributed by atoms with van der Waals surface area (Å²) in [5, 5.41) is 10.7. The molecular weight excluding hydrogens is 539 g/mol. The van der Waals surface area contributed by atoms with Crippen LogP contribution in [-0.4, -0.2) is 46.7 Å². The van der Waals surface area contributed by atoms with Crippen molar-refractivity contribution >= 4 is 22.8 Å². The van der Waals surface area contributed by atoms with Crippen molar-refractivity contribution in [2.45, 2.75) is 18.5 Å². The molecule has 0 amide bonds. The summed E-state index contributed by atoms with van der Waals surface area (Å²) in [4.78, 5) is 16.7. The molecule has 0 fully saturated rings. The minimum atomic E-state index is -4.52. The van der Waals surface area contributed by atoms with Crippen LogP contribution >= 0.6 is 0 Å². The second kappa shape index (κ2) is 11.7. The standard InChI is InChI=1S/C32H28F3N7/c1-41-19-29(42(2)20-41)31(23-7-11-30(39-18-23)32(33,34)35)22-6-10-27-25(15-22)16-24(28(17-37)40-27)14-21-4-8-26(9-5-21)38-13-3-12-36/h3-13,15-16,18-19,31H,14,20,36H2,1-2H3. The minimum Gasteiger partial charge on any atom is -0.405 e. The van der Waals surface area contributed by atoms with Gasteiger partial charge in [0.05, 0.1) is 23.8 Å². The molecule has 1 aliphatic rings. The van der Waals surface area contributed by atoms with E-state index in [4.69, 9.17) is 5.73 Å². The number of nitrogens with two attached hydrogens (primary N) is 1. The predicted octanol–water partition coefficient (Wildman–Crippen LogP) is 6.09. The van der Waals surface area contributed by atoms with Gasteiger partial charge in [-0.2, -0.15) is 18.4 Å². The fourth-order valence-electron chi connectivity index (χ4n) is 5.10. The molecule has 5 rings (SSSR count). The number of benzene rings is 2. The van der Waals surface area contributed by atoms with Crippen LogP contribution < -0.4 is 5.73 Å². The number of rotatable bonds is 7. The number of pyridine rings is 2. The molecule has 2 aromatic heterocycles. The van der Waals surface area contributed by atoms with Gasteiger partial charge in [0.15, 0.2) is 0 Å². The molecular formula is C32H28F3N7. The fraction of sp³-hybridized carbons (Fsp3) is 0.188. The van der Waals surface area contributed by atoms with E-state index in [-0.39, 0.29) is 5.92 Å². The molecule has 7 nitrogen and oxygen atoms in total. The molecule has 0 saturated carbocycles. The Morgan fingerprint density at radius 3 is 2.45 bits per heavy atom.